The minimum Gasteiger partial charge on any atom is -0.374 e. The zero-order valence-corrected chi connectivity index (χ0v) is 6.59. The summed E-state index contributed by atoms with van der Waals surface area (Å²) in [6.45, 7) is 3.51. The van der Waals surface area contributed by atoms with Crippen molar-refractivity contribution in [3.05, 3.63) is 0 Å². The van der Waals surface area contributed by atoms with Crippen molar-refractivity contribution in [1.29, 1.82) is 0 Å². The van der Waals surface area contributed by atoms with Crippen LogP contribution in [0.4, 0.5) is 0 Å². The fourth-order valence-corrected chi connectivity index (χ4v) is 2.01. The summed E-state index contributed by atoms with van der Waals surface area (Å²) in [6, 6.07) is 0. The Hall–Kier alpha value is -0.530. The van der Waals surface area contributed by atoms with Gasteiger partial charge in [0.1, 0.15) is 0 Å². The summed E-state index contributed by atoms with van der Waals surface area (Å²) in [5.74, 6) is 4.09. The predicted molar refractivity (Wildman–Crippen MR) is 42.1 cm³/mol. The first-order valence-corrected chi connectivity index (χ1v) is 4.02. The van der Waals surface area contributed by atoms with E-state index in [4.69, 9.17) is 0 Å². The zero-order chi connectivity index (χ0) is 7.14. The lowest BCUT2D eigenvalue weighted by molar-refractivity contribution is 0.634. The van der Waals surface area contributed by atoms with Crippen molar-refractivity contribution in [2.45, 2.75) is 13.3 Å². The Morgan fingerprint density at radius 2 is 2.30 bits per heavy atom. The number of rotatable bonds is 0. The Kier molecular flexibility index (Phi) is 1.22. The Balaban J connectivity index is 2.01. The average molecular weight is 138 g/mol. The first-order chi connectivity index (χ1) is 4.83. The van der Waals surface area contributed by atoms with Crippen LogP contribution >= 0.6 is 0 Å². The lowest BCUT2D eigenvalue weighted by atomic mass is 10.1. The summed E-state index contributed by atoms with van der Waals surface area (Å²) in [6.07, 6.45) is 1.20. The molecule has 1 aliphatic carbocycles. The van der Waals surface area contributed by atoms with E-state index in [9.17, 15) is 0 Å². The summed E-state index contributed by atoms with van der Waals surface area (Å²) in [5, 5.41) is 3.34. The van der Waals surface area contributed by atoms with Crippen molar-refractivity contribution in [2.24, 2.45) is 22.7 Å². The highest BCUT2D eigenvalue weighted by molar-refractivity contribution is 5.83. The van der Waals surface area contributed by atoms with E-state index in [2.05, 4.69) is 17.2 Å². The van der Waals surface area contributed by atoms with Crippen molar-refractivity contribution in [2.75, 3.05) is 13.6 Å². The van der Waals surface area contributed by atoms with Gasteiger partial charge in [-0.2, -0.15) is 0 Å². The topological polar surface area (TPSA) is 24.4 Å². The molecular weight excluding hydrogens is 124 g/mol. The van der Waals surface area contributed by atoms with Gasteiger partial charge in [-0.25, -0.2) is 0 Å². The highest BCUT2D eigenvalue weighted by Crippen LogP contribution is 2.49. The fourth-order valence-electron chi connectivity index (χ4n) is 2.01. The van der Waals surface area contributed by atoms with Gasteiger partial charge in [-0.3, -0.25) is 4.99 Å². The third-order valence-electron chi connectivity index (χ3n) is 3.00. The molecule has 1 aliphatic heterocycles. The number of aliphatic imine (C=N–C) groups is 1. The van der Waals surface area contributed by atoms with Gasteiger partial charge >= 0.3 is 0 Å². The molecule has 2 aliphatic rings. The van der Waals surface area contributed by atoms with Gasteiger partial charge < -0.3 is 5.32 Å². The van der Waals surface area contributed by atoms with E-state index in [-0.39, 0.29) is 0 Å². The van der Waals surface area contributed by atoms with Gasteiger partial charge in [-0.1, -0.05) is 6.92 Å². The lowest BCUT2D eigenvalue weighted by Crippen LogP contribution is -2.30. The van der Waals surface area contributed by atoms with Crippen LogP contribution in [0.3, 0.4) is 0 Å². The van der Waals surface area contributed by atoms with Crippen LogP contribution in [0.2, 0.25) is 0 Å². The minimum absolute atomic E-state index is 0.951. The van der Waals surface area contributed by atoms with Gasteiger partial charge in [0, 0.05) is 20.0 Å². The van der Waals surface area contributed by atoms with E-state index >= 15 is 0 Å². The molecule has 1 saturated carbocycles. The van der Waals surface area contributed by atoms with Gasteiger partial charge in [-0.15, -0.1) is 0 Å². The molecule has 0 aromatic heterocycles. The smallest absolute Gasteiger partial charge is 0.0962 e. The molecule has 1 heterocycles. The summed E-state index contributed by atoms with van der Waals surface area (Å²) < 4.78 is 0. The lowest BCUT2D eigenvalue weighted by Gasteiger charge is -2.13. The molecule has 0 aromatic rings. The molecule has 2 fully saturated rings. The summed E-state index contributed by atoms with van der Waals surface area (Å²) >= 11 is 0. The monoisotopic (exact) mass is 138 g/mol. The van der Waals surface area contributed by atoms with Crippen molar-refractivity contribution < 1.29 is 0 Å². The van der Waals surface area contributed by atoms with Gasteiger partial charge in [-0.05, 0) is 17.8 Å². The summed E-state index contributed by atoms with van der Waals surface area (Å²) in [7, 11) is 1.87. The van der Waals surface area contributed by atoms with Crippen LogP contribution in [0.15, 0.2) is 4.99 Å². The van der Waals surface area contributed by atoms with Crippen molar-refractivity contribution in [1.82, 2.24) is 5.32 Å². The summed E-state index contributed by atoms with van der Waals surface area (Å²) in [5.41, 5.74) is 0. The molecule has 0 bridgehead atoms. The van der Waals surface area contributed by atoms with Crippen molar-refractivity contribution in [3.63, 3.8) is 0 Å². The second kappa shape index (κ2) is 1.97. The molecule has 2 rings (SSSR count). The van der Waals surface area contributed by atoms with Crippen LogP contribution in [0.25, 0.3) is 0 Å². The largest absolute Gasteiger partial charge is 0.374 e. The molecule has 0 spiro atoms. The molecular formula is C8H14N2. The maximum atomic E-state index is 4.16. The normalized spacial score (nSPS) is 48.2. The number of nitrogens with zero attached hydrogens (tertiary/aromatic N) is 1. The predicted octanol–water partition coefficient (Wildman–Crippen LogP) is 0.890. The first-order valence-electron chi connectivity index (χ1n) is 4.02. The van der Waals surface area contributed by atoms with Crippen LogP contribution < -0.4 is 5.32 Å². The molecule has 0 amide bonds. The van der Waals surface area contributed by atoms with E-state index in [1.165, 1.54) is 18.8 Å². The molecule has 56 valence electrons. The Morgan fingerprint density at radius 3 is 2.90 bits per heavy atom. The molecule has 3 unspecified atom stereocenters. The van der Waals surface area contributed by atoms with E-state index < -0.39 is 0 Å². The van der Waals surface area contributed by atoms with Crippen LogP contribution in [0.5, 0.6) is 0 Å². The number of hydrogen-bond acceptors (Lipinski definition) is 1. The molecule has 0 aromatic carbocycles. The molecule has 1 saturated heterocycles. The van der Waals surface area contributed by atoms with Crippen LogP contribution in [-0.2, 0) is 0 Å². The zero-order valence-electron chi connectivity index (χ0n) is 6.59. The quantitative estimate of drug-likeness (QED) is 0.528. The minimum atomic E-state index is 0.951. The molecule has 1 N–H and O–H groups in total. The molecule has 10 heavy (non-hydrogen) atoms. The van der Waals surface area contributed by atoms with Gasteiger partial charge in [0.2, 0.25) is 0 Å². The maximum absolute atomic E-state index is 4.16. The van der Waals surface area contributed by atoms with Gasteiger partial charge in [0.05, 0.1) is 5.84 Å². The average Bonchev–Trinajstić information content (AvgIpc) is 2.62. The van der Waals surface area contributed by atoms with Gasteiger partial charge in [0.15, 0.2) is 0 Å². The van der Waals surface area contributed by atoms with Crippen molar-refractivity contribution >= 4 is 5.84 Å². The Morgan fingerprint density at radius 1 is 1.50 bits per heavy atom. The Bertz CT molecular complexity index is 174. The van der Waals surface area contributed by atoms with Gasteiger partial charge in [0.25, 0.3) is 0 Å². The maximum Gasteiger partial charge on any atom is 0.0962 e. The summed E-state index contributed by atoms with van der Waals surface area (Å²) in [4.78, 5) is 4.16. The van der Waals surface area contributed by atoms with E-state index in [0.717, 1.165) is 17.8 Å². The standard InChI is InChI=1S/C8H14N2/c1-5-6-3-8(9-2)10-4-7(5)6/h5-7H,3-4H2,1-2H3,(H,9,10). The molecule has 3 atom stereocenters. The number of amidine groups is 1. The van der Waals surface area contributed by atoms with E-state index in [0.29, 0.717) is 0 Å². The number of fused-ring (bicyclic) bond motifs is 1. The Labute approximate surface area is 61.7 Å². The van der Waals surface area contributed by atoms with Crippen LogP contribution in [0, 0.1) is 17.8 Å². The molecule has 0 radical (unpaired) electrons. The highest BCUT2D eigenvalue weighted by Gasteiger charge is 2.48. The second-order valence-corrected chi connectivity index (χ2v) is 3.44. The second-order valence-electron chi connectivity index (χ2n) is 3.44. The van der Waals surface area contributed by atoms with E-state index in [1.54, 1.807) is 0 Å². The molecule has 2 heteroatoms. The fraction of sp³-hybridized carbons (Fsp3) is 0.875. The third kappa shape index (κ3) is 0.746. The number of piperidine rings is 1. The third-order valence-corrected chi connectivity index (χ3v) is 3.00. The molecule has 2 nitrogen and oxygen atoms in total. The van der Waals surface area contributed by atoms with Crippen molar-refractivity contribution in [3.8, 4) is 0 Å². The number of hydrogen-bond donors (Lipinski definition) is 1. The van der Waals surface area contributed by atoms with Crippen LogP contribution in [-0.4, -0.2) is 19.4 Å². The SMILES string of the molecule is CN=C1CC2C(C)C2CN1. The van der Waals surface area contributed by atoms with E-state index in [1.807, 2.05) is 7.05 Å². The highest BCUT2D eigenvalue weighted by atomic mass is 15.0. The first kappa shape index (κ1) is 6.20. The van der Waals surface area contributed by atoms with Crippen LogP contribution in [0.1, 0.15) is 13.3 Å². The number of nitrogens with one attached hydrogen (secondary N) is 1.